The van der Waals surface area contributed by atoms with Crippen LogP contribution in [0.3, 0.4) is 0 Å². The Bertz CT molecular complexity index is 266. The quantitative estimate of drug-likeness (QED) is 0.755. The largest absolute Gasteiger partial charge is 0.330 e. The number of piperidine rings is 1. The second-order valence-electron chi connectivity index (χ2n) is 7.78. The van der Waals surface area contributed by atoms with Gasteiger partial charge in [-0.1, -0.05) is 13.8 Å². The number of rotatable bonds is 7. The van der Waals surface area contributed by atoms with E-state index in [2.05, 4.69) is 51.8 Å². The third-order valence-electron chi connectivity index (χ3n) is 4.75. The van der Waals surface area contributed by atoms with Crippen LogP contribution in [0.1, 0.15) is 67.2 Å². The van der Waals surface area contributed by atoms with Gasteiger partial charge in [-0.15, -0.1) is 0 Å². The van der Waals surface area contributed by atoms with Crippen molar-refractivity contribution < 1.29 is 0 Å². The summed E-state index contributed by atoms with van der Waals surface area (Å²) in [5.74, 6) is 0.771. The van der Waals surface area contributed by atoms with Crippen molar-refractivity contribution in [3.8, 4) is 0 Å². The number of hydrogen-bond donors (Lipinski definition) is 2. The number of nitrogens with two attached hydrogens (primary N) is 1. The lowest BCUT2D eigenvalue weighted by Crippen LogP contribution is -2.60. The molecule has 0 spiro atoms. The van der Waals surface area contributed by atoms with E-state index in [0.29, 0.717) is 6.04 Å². The molecule has 0 aromatic heterocycles. The number of hydrogen-bond acceptors (Lipinski definition) is 3. The van der Waals surface area contributed by atoms with Crippen LogP contribution in [0.25, 0.3) is 0 Å². The van der Waals surface area contributed by atoms with Gasteiger partial charge in [0.05, 0.1) is 0 Å². The molecule has 120 valence electrons. The van der Waals surface area contributed by atoms with E-state index in [1.807, 2.05) is 0 Å². The van der Waals surface area contributed by atoms with E-state index in [9.17, 15) is 0 Å². The van der Waals surface area contributed by atoms with E-state index in [1.165, 1.54) is 19.3 Å². The smallest absolute Gasteiger partial charge is 0.0133 e. The Hall–Kier alpha value is -0.120. The van der Waals surface area contributed by atoms with Crippen LogP contribution in [0.5, 0.6) is 0 Å². The molecule has 1 heterocycles. The number of nitrogens with one attached hydrogen (secondary N) is 1. The summed E-state index contributed by atoms with van der Waals surface area (Å²) in [5, 5.41) is 3.80. The Labute approximate surface area is 126 Å². The molecule has 20 heavy (non-hydrogen) atoms. The van der Waals surface area contributed by atoms with E-state index < -0.39 is 0 Å². The van der Waals surface area contributed by atoms with Crippen molar-refractivity contribution in [3.05, 3.63) is 0 Å². The van der Waals surface area contributed by atoms with Crippen molar-refractivity contribution in [1.82, 2.24) is 10.2 Å². The van der Waals surface area contributed by atoms with Gasteiger partial charge in [0.25, 0.3) is 0 Å². The van der Waals surface area contributed by atoms with Crippen LogP contribution >= 0.6 is 0 Å². The van der Waals surface area contributed by atoms with Crippen LogP contribution in [0.15, 0.2) is 0 Å². The van der Waals surface area contributed by atoms with Gasteiger partial charge < -0.3 is 16.0 Å². The topological polar surface area (TPSA) is 41.3 Å². The van der Waals surface area contributed by atoms with Gasteiger partial charge in [0.15, 0.2) is 0 Å². The van der Waals surface area contributed by atoms with Gasteiger partial charge in [-0.05, 0) is 78.9 Å². The minimum Gasteiger partial charge on any atom is -0.330 e. The van der Waals surface area contributed by atoms with Gasteiger partial charge in [0, 0.05) is 17.1 Å². The van der Waals surface area contributed by atoms with Gasteiger partial charge in [-0.2, -0.15) is 0 Å². The summed E-state index contributed by atoms with van der Waals surface area (Å²) < 4.78 is 0. The molecule has 1 atom stereocenters. The molecule has 3 N–H and O–H groups in total. The van der Waals surface area contributed by atoms with Crippen LogP contribution in [-0.2, 0) is 0 Å². The van der Waals surface area contributed by atoms with E-state index in [0.717, 1.165) is 32.0 Å². The molecule has 0 aliphatic carbocycles. The Morgan fingerprint density at radius 3 is 2.00 bits per heavy atom. The molecule has 0 bridgehead atoms. The fraction of sp³-hybridized carbons (Fsp3) is 1.00. The minimum absolute atomic E-state index is 0.237. The molecule has 0 radical (unpaired) electrons. The summed E-state index contributed by atoms with van der Waals surface area (Å²) >= 11 is 0. The molecule has 1 aliphatic rings. The third-order valence-corrected chi connectivity index (χ3v) is 4.75. The first-order chi connectivity index (χ1) is 9.24. The SMILES string of the molecule is CCN(CC)C(CCCN)C1CC(C)(C)NC(C)(C)C1. The predicted octanol–water partition coefficient (Wildman–Crippen LogP) is 2.99. The molecule has 1 fully saturated rings. The van der Waals surface area contributed by atoms with Gasteiger partial charge >= 0.3 is 0 Å². The molecule has 3 heteroatoms. The molecule has 3 nitrogen and oxygen atoms in total. The van der Waals surface area contributed by atoms with Gasteiger partial charge in [0.2, 0.25) is 0 Å². The summed E-state index contributed by atoms with van der Waals surface area (Å²) in [7, 11) is 0. The van der Waals surface area contributed by atoms with Gasteiger partial charge in [-0.25, -0.2) is 0 Å². The fourth-order valence-electron chi connectivity index (χ4n) is 4.41. The molecule has 0 aromatic carbocycles. The minimum atomic E-state index is 0.237. The summed E-state index contributed by atoms with van der Waals surface area (Å²) in [6.45, 7) is 17.1. The van der Waals surface area contributed by atoms with Crippen LogP contribution in [0.2, 0.25) is 0 Å². The van der Waals surface area contributed by atoms with Crippen LogP contribution < -0.4 is 11.1 Å². The summed E-state index contributed by atoms with van der Waals surface area (Å²) in [6, 6.07) is 0.689. The molecule has 1 aliphatic heterocycles. The average molecular weight is 284 g/mol. The second kappa shape index (κ2) is 7.24. The number of nitrogens with zero attached hydrogens (tertiary/aromatic N) is 1. The lowest BCUT2D eigenvalue weighted by atomic mass is 9.71. The molecule has 1 rings (SSSR count). The Kier molecular flexibility index (Phi) is 6.49. The first-order valence-electron chi connectivity index (χ1n) is 8.48. The highest BCUT2D eigenvalue weighted by Crippen LogP contribution is 2.37. The molecule has 0 aromatic rings. The van der Waals surface area contributed by atoms with Crippen LogP contribution in [0.4, 0.5) is 0 Å². The van der Waals surface area contributed by atoms with E-state index >= 15 is 0 Å². The first kappa shape index (κ1) is 17.9. The van der Waals surface area contributed by atoms with Crippen LogP contribution in [-0.4, -0.2) is 41.7 Å². The normalized spacial score (nSPS) is 24.0. The molecular weight excluding hydrogens is 246 g/mol. The van der Waals surface area contributed by atoms with Crippen molar-refractivity contribution in [2.75, 3.05) is 19.6 Å². The second-order valence-corrected chi connectivity index (χ2v) is 7.78. The molecule has 0 amide bonds. The van der Waals surface area contributed by atoms with Gasteiger partial charge in [-0.3, -0.25) is 0 Å². The molecule has 1 unspecified atom stereocenters. The van der Waals surface area contributed by atoms with Crippen molar-refractivity contribution >= 4 is 0 Å². The Balaban J connectivity index is 2.87. The highest BCUT2D eigenvalue weighted by molar-refractivity contribution is 5.00. The van der Waals surface area contributed by atoms with Gasteiger partial charge in [0.1, 0.15) is 0 Å². The van der Waals surface area contributed by atoms with Crippen LogP contribution in [0, 0.1) is 5.92 Å². The Morgan fingerprint density at radius 2 is 1.60 bits per heavy atom. The Morgan fingerprint density at radius 1 is 1.10 bits per heavy atom. The van der Waals surface area contributed by atoms with Crippen molar-refractivity contribution in [2.45, 2.75) is 84.3 Å². The highest BCUT2D eigenvalue weighted by Gasteiger charge is 2.41. The maximum absolute atomic E-state index is 5.77. The predicted molar refractivity (Wildman–Crippen MR) is 89.0 cm³/mol. The standard InChI is InChI=1S/C17H37N3/c1-7-20(8-2)15(10-9-11-18)14-12-16(3,4)19-17(5,6)13-14/h14-15,19H,7-13,18H2,1-6H3. The van der Waals surface area contributed by atoms with E-state index in [-0.39, 0.29) is 11.1 Å². The maximum atomic E-state index is 5.77. The van der Waals surface area contributed by atoms with E-state index in [1.54, 1.807) is 0 Å². The zero-order valence-electron chi connectivity index (χ0n) is 14.6. The summed E-state index contributed by atoms with van der Waals surface area (Å²) in [4.78, 5) is 2.65. The van der Waals surface area contributed by atoms with Crippen molar-refractivity contribution in [1.29, 1.82) is 0 Å². The molecule has 1 saturated heterocycles. The lowest BCUT2D eigenvalue weighted by Gasteiger charge is -2.50. The third kappa shape index (κ3) is 5.01. The zero-order valence-corrected chi connectivity index (χ0v) is 14.6. The monoisotopic (exact) mass is 283 g/mol. The van der Waals surface area contributed by atoms with Crippen molar-refractivity contribution in [2.24, 2.45) is 11.7 Å². The summed E-state index contributed by atoms with van der Waals surface area (Å²) in [5.41, 5.74) is 6.24. The maximum Gasteiger partial charge on any atom is 0.0133 e. The average Bonchev–Trinajstić information content (AvgIpc) is 2.30. The fourth-order valence-corrected chi connectivity index (χ4v) is 4.41. The highest BCUT2D eigenvalue weighted by atomic mass is 15.2. The first-order valence-corrected chi connectivity index (χ1v) is 8.48. The summed E-state index contributed by atoms with van der Waals surface area (Å²) in [6.07, 6.45) is 4.92. The van der Waals surface area contributed by atoms with Crippen molar-refractivity contribution in [3.63, 3.8) is 0 Å². The zero-order chi connectivity index (χ0) is 15.4. The van der Waals surface area contributed by atoms with E-state index in [4.69, 9.17) is 5.73 Å². The molecular formula is C17H37N3. The molecule has 0 saturated carbocycles. The lowest BCUT2D eigenvalue weighted by molar-refractivity contribution is 0.0512.